The lowest BCUT2D eigenvalue weighted by atomic mass is 10.2. The van der Waals surface area contributed by atoms with Gasteiger partial charge in [0.05, 0.1) is 5.56 Å². The highest BCUT2D eigenvalue weighted by Gasteiger charge is 2.09. The van der Waals surface area contributed by atoms with E-state index < -0.39 is 15.7 Å². The van der Waals surface area contributed by atoms with Crippen LogP contribution in [0.1, 0.15) is 17.3 Å². The molecule has 0 heterocycles. The largest absolute Gasteiger partial charge is 0.545 e. The summed E-state index contributed by atoms with van der Waals surface area (Å²) in [5.41, 5.74) is 0.209. The Morgan fingerprint density at radius 3 is 2.71 bits per heavy atom. The zero-order valence-corrected chi connectivity index (χ0v) is 9.40. The predicted octanol–water partition coefficient (Wildman–Crippen LogP) is 1.38. The Morgan fingerprint density at radius 2 is 2.14 bits per heavy atom. The van der Waals surface area contributed by atoms with Crippen molar-refractivity contribution in [3.05, 3.63) is 41.6 Å². The van der Waals surface area contributed by atoms with Crippen molar-refractivity contribution in [2.24, 2.45) is 0 Å². The average molecular weight is 208 g/mol. The molecule has 0 atom stereocenters. The van der Waals surface area contributed by atoms with Gasteiger partial charge >= 0.3 is 5.97 Å². The van der Waals surface area contributed by atoms with Crippen LogP contribution in [0, 0.1) is 0 Å². The maximum atomic E-state index is 10.8. The molecule has 0 spiro atoms. The summed E-state index contributed by atoms with van der Waals surface area (Å²) in [6, 6.07) is 6.64. The van der Waals surface area contributed by atoms with Gasteiger partial charge in [-0.15, -0.1) is 6.58 Å². The minimum Gasteiger partial charge on any atom is -0.545 e. The fourth-order valence-corrected chi connectivity index (χ4v) is 1.62. The standard InChI is InChI=1S/C10H12O3Si/c1-7(2)14-13-9-6-4-3-5-8(9)10(11)12/h3-6H,1,14H2,2H3,(H,11,12). The van der Waals surface area contributed by atoms with Crippen LogP contribution in [0.15, 0.2) is 36.0 Å². The maximum absolute atomic E-state index is 10.8. The van der Waals surface area contributed by atoms with Crippen LogP contribution in [0.4, 0.5) is 0 Å². The molecule has 0 bridgehead atoms. The van der Waals surface area contributed by atoms with Gasteiger partial charge in [-0.3, -0.25) is 0 Å². The van der Waals surface area contributed by atoms with Crippen molar-refractivity contribution in [2.75, 3.05) is 0 Å². The number of aromatic carboxylic acids is 1. The Kier molecular flexibility index (Phi) is 3.47. The van der Waals surface area contributed by atoms with Crippen molar-refractivity contribution in [3.63, 3.8) is 0 Å². The van der Waals surface area contributed by atoms with Gasteiger partial charge in [0.15, 0.2) is 0 Å². The van der Waals surface area contributed by atoms with Gasteiger partial charge in [0.25, 0.3) is 0 Å². The van der Waals surface area contributed by atoms with Gasteiger partial charge in [-0.1, -0.05) is 17.3 Å². The molecule has 0 aliphatic carbocycles. The van der Waals surface area contributed by atoms with Gasteiger partial charge in [-0.25, -0.2) is 4.79 Å². The van der Waals surface area contributed by atoms with Crippen LogP contribution in [0.3, 0.4) is 0 Å². The third-order valence-electron chi connectivity index (χ3n) is 1.59. The number of carbonyl (C=O) groups is 1. The van der Waals surface area contributed by atoms with Crippen molar-refractivity contribution in [3.8, 4) is 5.75 Å². The molecule has 0 radical (unpaired) electrons. The first-order valence-corrected chi connectivity index (χ1v) is 5.49. The summed E-state index contributed by atoms with van der Waals surface area (Å²) in [5, 5.41) is 9.83. The first-order valence-electron chi connectivity index (χ1n) is 4.20. The second-order valence-electron chi connectivity index (χ2n) is 3.05. The first-order chi connectivity index (χ1) is 6.61. The lowest BCUT2D eigenvalue weighted by molar-refractivity contribution is 0.0695. The molecule has 3 nitrogen and oxygen atoms in total. The second-order valence-corrected chi connectivity index (χ2v) is 4.83. The average Bonchev–Trinajstić information content (AvgIpc) is 2.15. The molecule has 0 fully saturated rings. The number of hydrogen-bond acceptors (Lipinski definition) is 2. The van der Waals surface area contributed by atoms with E-state index in [0.29, 0.717) is 5.75 Å². The number of allylic oxidation sites excluding steroid dienone is 1. The van der Waals surface area contributed by atoms with Gasteiger partial charge < -0.3 is 9.53 Å². The van der Waals surface area contributed by atoms with E-state index >= 15 is 0 Å². The third-order valence-corrected chi connectivity index (χ3v) is 2.54. The maximum Gasteiger partial charge on any atom is 0.339 e. The molecule has 0 aliphatic rings. The van der Waals surface area contributed by atoms with Crippen LogP contribution in [0.2, 0.25) is 0 Å². The number of hydrogen-bond donors (Lipinski definition) is 1. The Hall–Kier alpha value is -1.55. The molecule has 1 aromatic rings. The van der Waals surface area contributed by atoms with E-state index in [1.165, 1.54) is 6.07 Å². The Labute approximate surface area is 85.0 Å². The van der Waals surface area contributed by atoms with E-state index in [1.807, 2.05) is 6.92 Å². The van der Waals surface area contributed by atoms with E-state index in [9.17, 15) is 4.79 Å². The van der Waals surface area contributed by atoms with Crippen molar-refractivity contribution in [2.45, 2.75) is 6.92 Å². The van der Waals surface area contributed by atoms with Gasteiger partial charge in [0, 0.05) is 0 Å². The summed E-state index contributed by atoms with van der Waals surface area (Å²) in [5.74, 6) is -0.522. The lowest BCUT2D eigenvalue weighted by Crippen LogP contribution is -2.07. The summed E-state index contributed by atoms with van der Waals surface area (Å²) < 4.78 is 5.42. The minimum atomic E-state index is -0.962. The van der Waals surface area contributed by atoms with Crippen molar-refractivity contribution in [1.82, 2.24) is 0 Å². The molecule has 1 aromatic carbocycles. The highest BCUT2D eigenvalue weighted by Crippen LogP contribution is 2.17. The number of benzene rings is 1. The smallest absolute Gasteiger partial charge is 0.339 e. The monoisotopic (exact) mass is 208 g/mol. The number of carboxylic acids is 1. The Morgan fingerprint density at radius 1 is 1.50 bits per heavy atom. The fourth-order valence-electron chi connectivity index (χ4n) is 0.970. The van der Waals surface area contributed by atoms with Crippen LogP contribution in [0.5, 0.6) is 5.75 Å². The molecular weight excluding hydrogens is 196 g/mol. The summed E-state index contributed by atoms with van der Waals surface area (Å²) in [6.07, 6.45) is 0. The summed E-state index contributed by atoms with van der Waals surface area (Å²) in [7, 11) is -0.863. The molecule has 0 amide bonds. The van der Waals surface area contributed by atoms with E-state index in [4.69, 9.17) is 9.53 Å². The van der Waals surface area contributed by atoms with Crippen LogP contribution >= 0.6 is 0 Å². The Balaban J connectivity index is 2.84. The van der Waals surface area contributed by atoms with E-state index in [0.717, 1.165) is 5.20 Å². The summed E-state index contributed by atoms with van der Waals surface area (Å²) in [4.78, 5) is 10.8. The Bertz CT molecular complexity index is 360. The highest BCUT2D eigenvalue weighted by molar-refractivity contribution is 6.38. The normalized spacial score (nSPS) is 10.4. The van der Waals surface area contributed by atoms with Crippen molar-refractivity contribution in [1.29, 1.82) is 0 Å². The van der Waals surface area contributed by atoms with Gasteiger partial charge in [-0.2, -0.15) is 0 Å². The molecule has 14 heavy (non-hydrogen) atoms. The molecule has 0 saturated carbocycles. The number of carboxylic acid groups (broad SMARTS) is 1. The molecule has 74 valence electrons. The van der Waals surface area contributed by atoms with E-state index in [2.05, 4.69) is 6.58 Å². The zero-order chi connectivity index (χ0) is 10.6. The number of para-hydroxylation sites is 1. The topological polar surface area (TPSA) is 46.5 Å². The van der Waals surface area contributed by atoms with E-state index in [-0.39, 0.29) is 5.56 Å². The summed E-state index contributed by atoms with van der Waals surface area (Å²) >= 11 is 0. The predicted molar refractivity (Wildman–Crippen MR) is 57.4 cm³/mol. The van der Waals surface area contributed by atoms with E-state index in [1.54, 1.807) is 18.2 Å². The lowest BCUT2D eigenvalue weighted by Gasteiger charge is -2.08. The first kappa shape index (κ1) is 10.5. The van der Waals surface area contributed by atoms with Crippen molar-refractivity contribution >= 4 is 15.7 Å². The third kappa shape index (κ3) is 2.74. The van der Waals surface area contributed by atoms with Gasteiger partial charge in [0.2, 0.25) is 9.76 Å². The van der Waals surface area contributed by atoms with Crippen LogP contribution in [0.25, 0.3) is 0 Å². The molecular formula is C10H12O3Si. The molecule has 0 aliphatic heterocycles. The van der Waals surface area contributed by atoms with Crippen molar-refractivity contribution < 1.29 is 14.3 Å². The van der Waals surface area contributed by atoms with Gasteiger partial charge in [-0.05, 0) is 19.1 Å². The second kappa shape index (κ2) is 4.62. The zero-order valence-electron chi connectivity index (χ0n) is 7.99. The van der Waals surface area contributed by atoms with Gasteiger partial charge in [0.1, 0.15) is 5.75 Å². The molecule has 1 rings (SSSR count). The summed E-state index contributed by atoms with van der Waals surface area (Å²) in [6.45, 7) is 5.62. The quantitative estimate of drug-likeness (QED) is 0.760. The fraction of sp³-hybridized carbons (Fsp3) is 0.100. The van der Waals surface area contributed by atoms with Crippen LogP contribution in [-0.2, 0) is 0 Å². The number of rotatable bonds is 4. The SMILES string of the molecule is C=C(C)[SiH2]Oc1ccccc1C(=O)O. The molecule has 0 unspecified atom stereocenters. The molecule has 4 heteroatoms. The molecule has 0 aromatic heterocycles. The highest BCUT2D eigenvalue weighted by atomic mass is 28.2. The van der Waals surface area contributed by atoms with Crippen LogP contribution < -0.4 is 4.43 Å². The molecule has 0 saturated heterocycles. The van der Waals surface area contributed by atoms with Crippen LogP contribution in [-0.4, -0.2) is 20.8 Å². The minimum absolute atomic E-state index is 0.209. The molecule has 1 N–H and O–H groups in total.